The van der Waals surface area contributed by atoms with Crippen LogP contribution in [0.15, 0.2) is 22.1 Å². The number of amides is 1. The zero-order valence-corrected chi connectivity index (χ0v) is 14.3. The summed E-state index contributed by atoms with van der Waals surface area (Å²) in [6.45, 7) is 2.52. The van der Waals surface area contributed by atoms with E-state index in [-0.39, 0.29) is 17.9 Å². The molecule has 1 amide bonds. The standard InChI is InChI=1S/C17H22N2O3S/c1-11-18-14(10-23-11)16-7-13(9-22-16)17(21)19(2)8-12-5-3-4-6-15(12)20/h7,9-10,12,15,20H,3-6,8H2,1-2H3. The highest BCUT2D eigenvalue weighted by Gasteiger charge is 2.26. The Labute approximate surface area is 140 Å². The maximum absolute atomic E-state index is 12.5. The molecule has 124 valence electrons. The van der Waals surface area contributed by atoms with E-state index in [4.69, 9.17) is 4.42 Å². The Morgan fingerprint density at radius 2 is 2.26 bits per heavy atom. The Balaban J connectivity index is 1.66. The summed E-state index contributed by atoms with van der Waals surface area (Å²) in [6, 6.07) is 1.74. The van der Waals surface area contributed by atoms with Crippen LogP contribution in [0.2, 0.25) is 0 Å². The monoisotopic (exact) mass is 334 g/mol. The number of furan rings is 1. The molecule has 1 aliphatic carbocycles. The predicted octanol–water partition coefficient (Wildman–Crippen LogP) is 3.33. The topological polar surface area (TPSA) is 66.6 Å². The Bertz CT molecular complexity index is 679. The molecular formula is C17H22N2O3S. The fraction of sp³-hybridized carbons (Fsp3) is 0.529. The summed E-state index contributed by atoms with van der Waals surface area (Å²) in [7, 11) is 1.78. The fourth-order valence-electron chi connectivity index (χ4n) is 3.12. The van der Waals surface area contributed by atoms with Gasteiger partial charge in [-0.05, 0) is 25.8 Å². The number of aliphatic hydroxyl groups is 1. The number of rotatable bonds is 4. The minimum Gasteiger partial charge on any atom is -0.462 e. The summed E-state index contributed by atoms with van der Waals surface area (Å²) in [5.41, 5.74) is 1.29. The van der Waals surface area contributed by atoms with E-state index in [0.29, 0.717) is 17.9 Å². The van der Waals surface area contributed by atoms with Gasteiger partial charge in [-0.2, -0.15) is 0 Å². The molecule has 2 unspecified atom stereocenters. The van der Waals surface area contributed by atoms with Crippen molar-refractivity contribution in [2.75, 3.05) is 13.6 Å². The molecule has 1 aliphatic rings. The Hall–Kier alpha value is -1.66. The molecule has 0 radical (unpaired) electrons. The number of carbonyl (C=O) groups excluding carboxylic acids is 1. The third kappa shape index (κ3) is 3.64. The molecule has 0 spiro atoms. The zero-order chi connectivity index (χ0) is 16.4. The van der Waals surface area contributed by atoms with Crippen molar-refractivity contribution < 1.29 is 14.3 Å². The van der Waals surface area contributed by atoms with Crippen LogP contribution in [0, 0.1) is 12.8 Å². The second-order valence-electron chi connectivity index (χ2n) is 6.25. The van der Waals surface area contributed by atoms with Gasteiger partial charge in [0, 0.05) is 24.9 Å². The average molecular weight is 334 g/mol. The van der Waals surface area contributed by atoms with Crippen LogP contribution in [0.5, 0.6) is 0 Å². The van der Waals surface area contributed by atoms with Gasteiger partial charge < -0.3 is 14.4 Å². The maximum Gasteiger partial charge on any atom is 0.256 e. The number of hydrogen-bond donors (Lipinski definition) is 1. The van der Waals surface area contributed by atoms with Crippen LogP contribution in [-0.4, -0.2) is 40.6 Å². The van der Waals surface area contributed by atoms with Crippen LogP contribution >= 0.6 is 11.3 Å². The summed E-state index contributed by atoms with van der Waals surface area (Å²) in [4.78, 5) is 18.6. The largest absolute Gasteiger partial charge is 0.462 e. The highest BCUT2D eigenvalue weighted by molar-refractivity contribution is 7.09. The minimum absolute atomic E-state index is 0.0790. The van der Waals surface area contributed by atoms with Crippen molar-refractivity contribution in [3.63, 3.8) is 0 Å². The van der Waals surface area contributed by atoms with Crippen molar-refractivity contribution in [1.82, 2.24) is 9.88 Å². The molecule has 2 heterocycles. The van der Waals surface area contributed by atoms with Crippen molar-refractivity contribution in [2.24, 2.45) is 5.92 Å². The van der Waals surface area contributed by atoms with E-state index in [1.807, 2.05) is 12.3 Å². The number of aromatic nitrogens is 1. The molecular weight excluding hydrogens is 312 g/mol. The normalized spacial score (nSPS) is 21.3. The Morgan fingerprint density at radius 3 is 2.96 bits per heavy atom. The molecule has 3 rings (SSSR count). The average Bonchev–Trinajstić information content (AvgIpc) is 3.17. The van der Waals surface area contributed by atoms with Crippen molar-refractivity contribution >= 4 is 17.2 Å². The van der Waals surface area contributed by atoms with Gasteiger partial charge in [-0.15, -0.1) is 11.3 Å². The summed E-state index contributed by atoms with van der Waals surface area (Å²) in [5, 5.41) is 12.9. The van der Waals surface area contributed by atoms with Crippen LogP contribution in [0.3, 0.4) is 0 Å². The van der Waals surface area contributed by atoms with Gasteiger partial charge in [0.25, 0.3) is 5.91 Å². The van der Waals surface area contributed by atoms with E-state index in [0.717, 1.165) is 36.4 Å². The van der Waals surface area contributed by atoms with E-state index in [2.05, 4.69) is 4.98 Å². The lowest BCUT2D eigenvalue weighted by Crippen LogP contribution is -2.37. The molecule has 0 aromatic carbocycles. The van der Waals surface area contributed by atoms with Crippen molar-refractivity contribution in [3.8, 4) is 11.5 Å². The van der Waals surface area contributed by atoms with Crippen LogP contribution in [0.1, 0.15) is 41.0 Å². The molecule has 0 bridgehead atoms. The third-order valence-electron chi connectivity index (χ3n) is 4.44. The lowest BCUT2D eigenvalue weighted by molar-refractivity contribution is 0.0451. The van der Waals surface area contributed by atoms with E-state index in [1.165, 1.54) is 6.26 Å². The smallest absolute Gasteiger partial charge is 0.256 e. The molecule has 23 heavy (non-hydrogen) atoms. The second kappa shape index (κ2) is 6.84. The first-order valence-corrected chi connectivity index (χ1v) is 8.87. The summed E-state index contributed by atoms with van der Waals surface area (Å²) in [6.07, 6.45) is 5.22. The maximum atomic E-state index is 12.5. The van der Waals surface area contributed by atoms with E-state index >= 15 is 0 Å². The van der Waals surface area contributed by atoms with E-state index in [1.54, 1.807) is 29.4 Å². The van der Waals surface area contributed by atoms with Gasteiger partial charge in [-0.3, -0.25) is 4.79 Å². The van der Waals surface area contributed by atoms with Crippen molar-refractivity contribution in [1.29, 1.82) is 0 Å². The van der Waals surface area contributed by atoms with Gasteiger partial charge >= 0.3 is 0 Å². The quantitative estimate of drug-likeness (QED) is 0.931. The Kier molecular flexibility index (Phi) is 4.82. The zero-order valence-electron chi connectivity index (χ0n) is 13.5. The molecule has 2 aromatic heterocycles. The summed E-state index contributed by atoms with van der Waals surface area (Å²) in [5.74, 6) is 0.707. The minimum atomic E-state index is -0.295. The molecule has 1 saturated carbocycles. The number of nitrogens with zero attached hydrogens (tertiary/aromatic N) is 2. The van der Waals surface area contributed by atoms with Gasteiger partial charge in [-0.25, -0.2) is 4.98 Å². The summed E-state index contributed by atoms with van der Waals surface area (Å²) < 4.78 is 5.49. The molecule has 1 fully saturated rings. The van der Waals surface area contributed by atoms with Gasteiger partial charge in [0.1, 0.15) is 12.0 Å². The molecule has 2 atom stereocenters. The van der Waals surface area contributed by atoms with Crippen LogP contribution in [-0.2, 0) is 0 Å². The predicted molar refractivity (Wildman–Crippen MR) is 89.5 cm³/mol. The molecule has 0 aliphatic heterocycles. The number of thiazole rings is 1. The fourth-order valence-corrected chi connectivity index (χ4v) is 3.72. The molecule has 2 aromatic rings. The van der Waals surface area contributed by atoms with Crippen LogP contribution < -0.4 is 0 Å². The third-order valence-corrected chi connectivity index (χ3v) is 5.22. The van der Waals surface area contributed by atoms with Crippen LogP contribution in [0.25, 0.3) is 11.5 Å². The first-order chi connectivity index (χ1) is 11.0. The Morgan fingerprint density at radius 1 is 1.48 bits per heavy atom. The highest BCUT2D eigenvalue weighted by Crippen LogP contribution is 2.27. The van der Waals surface area contributed by atoms with Gasteiger partial charge in [0.05, 0.1) is 16.7 Å². The lowest BCUT2D eigenvalue weighted by atomic mass is 9.86. The second-order valence-corrected chi connectivity index (χ2v) is 7.31. The van der Waals surface area contributed by atoms with Crippen molar-refractivity contribution in [3.05, 3.63) is 28.3 Å². The first kappa shape index (κ1) is 16.2. The number of hydrogen-bond acceptors (Lipinski definition) is 5. The molecule has 5 nitrogen and oxygen atoms in total. The molecule has 6 heteroatoms. The van der Waals surface area contributed by atoms with Crippen molar-refractivity contribution in [2.45, 2.75) is 38.7 Å². The van der Waals surface area contributed by atoms with Gasteiger partial charge in [0.2, 0.25) is 0 Å². The SMILES string of the molecule is Cc1nc(-c2cc(C(=O)N(C)CC3CCCCC3O)co2)cs1. The first-order valence-electron chi connectivity index (χ1n) is 7.99. The molecule has 1 N–H and O–H groups in total. The highest BCUT2D eigenvalue weighted by atomic mass is 32.1. The number of carbonyl (C=O) groups is 1. The van der Waals surface area contributed by atoms with E-state index < -0.39 is 0 Å². The van der Waals surface area contributed by atoms with E-state index in [9.17, 15) is 9.90 Å². The van der Waals surface area contributed by atoms with Gasteiger partial charge in [0.15, 0.2) is 5.76 Å². The molecule has 0 saturated heterocycles. The number of aliphatic hydroxyl groups excluding tert-OH is 1. The lowest BCUT2D eigenvalue weighted by Gasteiger charge is -2.31. The van der Waals surface area contributed by atoms with Crippen LogP contribution in [0.4, 0.5) is 0 Å². The number of aryl methyl sites for hydroxylation is 1. The van der Waals surface area contributed by atoms with Gasteiger partial charge in [-0.1, -0.05) is 12.8 Å². The summed E-state index contributed by atoms with van der Waals surface area (Å²) >= 11 is 1.55.